The molecular weight excluding hydrogens is 284 g/mol. The number of rotatable bonds is 6. The van der Waals surface area contributed by atoms with Gasteiger partial charge in [0.15, 0.2) is 5.16 Å². The molecule has 21 heavy (non-hydrogen) atoms. The zero-order chi connectivity index (χ0) is 15.6. The molecule has 0 aliphatic heterocycles. The quantitative estimate of drug-likeness (QED) is 0.815. The molecule has 0 amide bonds. The van der Waals surface area contributed by atoms with Crippen LogP contribution < -0.4 is 0 Å². The molecular formula is C16H22N2O2S. The minimum atomic E-state index is -0.814. The van der Waals surface area contributed by atoms with E-state index in [-0.39, 0.29) is 11.8 Å². The molecule has 2 atom stereocenters. The molecule has 5 heteroatoms. The van der Waals surface area contributed by atoms with Gasteiger partial charge in [-0.25, -0.2) is 4.98 Å². The van der Waals surface area contributed by atoms with Crippen molar-refractivity contribution in [2.24, 2.45) is 5.92 Å². The number of carbonyl (C=O) groups is 1. The Bertz CT molecular complexity index is 651. The maximum absolute atomic E-state index is 10.9. The summed E-state index contributed by atoms with van der Waals surface area (Å²) < 4.78 is 2.20. The summed E-state index contributed by atoms with van der Waals surface area (Å²) in [4.78, 5) is 15.5. The lowest BCUT2D eigenvalue weighted by Crippen LogP contribution is -2.15. The van der Waals surface area contributed by atoms with Gasteiger partial charge in [0.1, 0.15) is 0 Å². The zero-order valence-electron chi connectivity index (χ0n) is 13.0. The predicted octanol–water partition coefficient (Wildman–Crippen LogP) is 4.13. The topological polar surface area (TPSA) is 55.1 Å². The van der Waals surface area contributed by atoms with E-state index in [9.17, 15) is 4.79 Å². The third-order valence-corrected chi connectivity index (χ3v) is 4.95. The summed E-state index contributed by atoms with van der Waals surface area (Å²) in [7, 11) is 0. The highest BCUT2D eigenvalue weighted by Gasteiger charge is 2.20. The fraction of sp³-hybridized carbons (Fsp3) is 0.500. The van der Waals surface area contributed by atoms with E-state index < -0.39 is 5.97 Å². The molecule has 114 valence electrons. The predicted molar refractivity (Wildman–Crippen MR) is 87.0 cm³/mol. The number of hydrogen-bond acceptors (Lipinski definition) is 3. The van der Waals surface area contributed by atoms with E-state index in [0.29, 0.717) is 5.92 Å². The highest BCUT2D eigenvalue weighted by atomic mass is 32.2. The Morgan fingerprint density at radius 2 is 2.14 bits per heavy atom. The minimum Gasteiger partial charge on any atom is -0.481 e. The molecule has 2 rings (SSSR count). The van der Waals surface area contributed by atoms with Crippen molar-refractivity contribution in [2.45, 2.75) is 45.3 Å². The number of aliphatic carboxylic acids is 1. The summed E-state index contributed by atoms with van der Waals surface area (Å²) in [6.07, 6.45) is 1.08. The van der Waals surface area contributed by atoms with Crippen molar-refractivity contribution in [1.29, 1.82) is 0 Å². The van der Waals surface area contributed by atoms with Gasteiger partial charge < -0.3 is 9.67 Å². The summed E-state index contributed by atoms with van der Waals surface area (Å²) in [5, 5.41) is 9.72. The Morgan fingerprint density at radius 3 is 2.76 bits per heavy atom. The molecule has 0 bridgehead atoms. The van der Waals surface area contributed by atoms with Crippen molar-refractivity contribution < 1.29 is 9.90 Å². The van der Waals surface area contributed by atoms with Crippen molar-refractivity contribution in [1.82, 2.24) is 9.55 Å². The fourth-order valence-corrected chi connectivity index (χ4v) is 3.22. The maximum atomic E-state index is 10.9. The lowest BCUT2D eigenvalue weighted by Gasteiger charge is -2.22. The van der Waals surface area contributed by atoms with Gasteiger partial charge in [-0.2, -0.15) is 0 Å². The van der Waals surface area contributed by atoms with Crippen molar-refractivity contribution >= 4 is 28.8 Å². The van der Waals surface area contributed by atoms with Gasteiger partial charge >= 0.3 is 5.97 Å². The molecule has 0 aliphatic rings. The molecule has 0 saturated heterocycles. The first-order valence-electron chi connectivity index (χ1n) is 7.27. The van der Waals surface area contributed by atoms with Gasteiger partial charge in [0.2, 0.25) is 0 Å². The molecule has 4 nitrogen and oxygen atoms in total. The number of aryl methyl sites for hydroxylation is 1. The lowest BCUT2D eigenvalue weighted by atomic mass is 10.0. The van der Waals surface area contributed by atoms with Crippen LogP contribution in [0.2, 0.25) is 0 Å². The minimum absolute atomic E-state index is 0.0372. The Hall–Kier alpha value is -1.49. The molecule has 1 aromatic carbocycles. The van der Waals surface area contributed by atoms with Gasteiger partial charge in [-0.1, -0.05) is 38.1 Å². The first-order valence-corrected chi connectivity index (χ1v) is 8.25. The number of aromatic nitrogens is 2. The number of carboxylic acid groups (broad SMARTS) is 1. The third-order valence-electron chi connectivity index (χ3n) is 4.01. The molecule has 2 aromatic rings. The molecule has 1 aromatic heterocycles. The summed E-state index contributed by atoms with van der Waals surface area (Å²) in [5.74, 6) is -0.270. The molecule has 0 aliphatic carbocycles. The average molecular weight is 306 g/mol. The zero-order valence-corrected chi connectivity index (χ0v) is 13.8. The second-order valence-corrected chi connectivity index (χ2v) is 6.51. The largest absolute Gasteiger partial charge is 0.481 e. The van der Waals surface area contributed by atoms with Crippen LogP contribution >= 0.6 is 11.8 Å². The fourth-order valence-electron chi connectivity index (χ4n) is 2.40. The van der Waals surface area contributed by atoms with E-state index in [4.69, 9.17) is 5.11 Å². The summed E-state index contributed by atoms with van der Waals surface area (Å²) in [6, 6.07) is 6.47. The van der Waals surface area contributed by atoms with Crippen molar-refractivity contribution in [3.05, 3.63) is 23.8 Å². The van der Waals surface area contributed by atoms with Crippen LogP contribution in [0.1, 0.15) is 38.8 Å². The van der Waals surface area contributed by atoms with Crippen molar-refractivity contribution in [3.8, 4) is 0 Å². The van der Waals surface area contributed by atoms with Crippen LogP contribution in [0.3, 0.4) is 0 Å². The molecule has 2 unspecified atom stereocenters. The summed E-state index contributed by atoms with van der Waals surface area (Å²) in [5.41, 5.74) is 3.22. The number of imidazole rings is 1. The van der Waals surface area contributed by atoms with Gasteiger partial charge in [0.05, 0.1) is 16.8 Å². The van der Waals surface area contributed by atoms with E-state index in [1.165, 1.54) is 17.3 Å². The highest BCUT2D eigenvalue weighted by molar-refractivity contribution is 7.99. The molecule has 0 fully saturated rings. The molecule has 1 heterocycles. The molecule has 0 radical (unpaired) electrons. The van der Waals surface area contributed by atoms with Crippen LogP contribution in [0, 0.1) is 12.8 Å². The van der Waals surface area contributed by atoms with Crippen LogP contribution in [0.5, 0.6) is 0 Å². The summed E-state index contributed by atoms with van der Waals surface area (Å²) >= 11 is 1.30. The van der Waals surface area contributed by atoms with Crippen LogP contribution in [0.25, 0.3) is 11.0 Å². The first kappa shape index (κ1) is 15.9. The number of benzene rings is 1. The van der Waals surface area contributed by atoms with E-state index in [0.717, 1.165) is 22.6 Å². The van der Waals surface area contributed by atoms with Gasteiger partial charge in [0, 0.05) is 6.04 Å². The van der Waals surface area contributed by atoms with Gasteiger partial charge in [-0.3, -0.25) is 4.79 Å². The SMILES string of the molecule is CCC(C)C(C)n1c(SCC(=O)O)nc2ccc(C)cc21. The van der Waals surface area contributed by atoms with E-state index in [2.05, 4.69) is 43.3 Å². The maximum Gasteiger partial charge on any atom is 0.313 e. The van der Waals surface area contributed by atoms with Gasteiger partial charge in [-0.05, 0) is 37.5 Å². The number of hydrogen-bond donors (Lipinski definition) is 1. The van der Waals surface area contributed by atoms with E-state index in [1.807, 2.05) is 12.1 Å². The van der Waals surface area contributed by atoms with Crippen LogP contribution in [0.4, 0.5) is 0 Å². The monoisotopic (exact) mass is 306 g/mol. The standard InChI is InChI=1S/C16H22N2O2S/c1-5-11(3)12(4)18-14-8-10(2)6-7-13(14)17-16(18)21-9-15(19)20/h6-8,11-12H,5,9H2,1-4H3,(H,19,20). The van der Waals surface area contributed by atoms with Crippen molar-refractivity contribution in [3.63, 3.8) is 0 Å². The third kappa shape index (κ3) is 3.40. The van der Waals surface area contributed by atoms with Gasteiger partial charge in [0.25, 0.3) is 0 Å². The Morgan fingerprint density at radius 1 is 1.43 bits per heavy atom. The molecule has 0 saturated carbocycles. The molecule has 0 spiro atoms. The lowest BCUT2D eigenvalue weighted by molar-refractivity contribution is -0.133. The second-order valence-electron chi connectivity index (χ2n) is 5.57. The normalized spacial score (nSPS) is 14.3. The van der Waals surface area contributed by atoms with Crippen LogP contribution in [-0.2, 0) is 4.79 Å². The van der Waals surface area contributed by atoms with Crippen LogP contribution in [0.15, 0.2) is 23.4 Å². The number of thioether (sulfide) groups is 1. The smallest absolute Gasteiger partial charge is 0.313 e. The number of fused-ring (bicyclic) bond motifs is 1. The second kappa shape index (κ2) is 6.52. The first-order chi connectivity index (χ1) is 9.93. The summed E-state index contributed by atoms with van der Waals surface area (Å²) in [6.45, 7) is 8.64. The van der Waals surface area contributed by atoms with E-state index >= 15 is 0 Å². The van der Waals surface area contributed by atoms with Gasteiger partial charge in [-0.15, -0.1) is 0 Å². The highest BCUT2D eigenvalue weighted by Crippen LogP contribution is 2.32. The van der Waals surface area contributed by atoms with Crippen molar-refractivity contribution in [2.75, 3.05) is 5.75 Å². The Kier molecular flexibility index (Phi) is 4.93. The van der Waals surface area contributed by atoms with Crippen LogP contribution in [-0.4, -0.2) is 26.4 Å². The Labute approximate surface area is 129 Å². The number of carboxylic acids is 1. The number of nitrogens with zero attached hydrogens (tertiary/aromatic N) is 2. The molecule has 1 N–H and O–H groups in total. The van der Waals surface area contributed by atoms with E-state index in [1.54, 1.807) is 0 Å². The Balaban J connectivity index is 2.52. The average Bonchev–Trinajstić information content (AvgIpc) is 2.80.